The van der Waals surface area contributed by atoms with Crippen molar-refractivity contribution in [2.75, 3.05) is 23.3 Å². The molecule has 0 radical (unpaired) electrons. The van der Waals surface area contributed by atoms with Gasteiger partial charge in [-0.2, -0.15) is 0 Å². The van der Waals surface area contributed by atoms with Crippen LogP contribution < -0.4 is 15.0 Å². The Labute approximate surface area is 169 Å². The quantitative estimate of drug-likeness (QED) is 0.624. The second-order valence-electron chi connectivity index (χ2n) is 7.08. The molecular weight excluding hydrogens is 367 g/mol. The SMILES string of the molecule is O=C(Nc1c(F)cccc1N1CCCC1)c1ccc(COc2ccccc2)cc1. The molecule has 1 N–H and O–H groups in total. The first-order chi connectivity index (χ1) is 14.2. The fourth-order valence-corrected chi connectivity index (χ4v) is 3.48. The summed E-state index contributed by atoms with van der Waals surface area (Å²) in [6.07, 6.45) is 2.16. The van der Waals surface area contributed by atoms with Gasteiger partial charge in [0, 0.05) is 18.7 Å². The van der Waals surface area contributed by atoms with E-state index in [1.165, 1.54) is 6.07 Å². The lowest BCUT2D eigenvalue weighted by molar-refractivity contribution is 0.102. The zero-order chi connectivity index (χ0) is 20.1. The average molecular weight is 390 g/mol. The first-order valence-corrected chi connectivity index (χ1v) is 9.82. The molecule has 1 saturated heterocycles. The Morgan fingerprint density at radius 1 is 0.931 bits per heavy atom. The lowest BCUT2D eigenvalue weighted by atomic mass is 10.1. The third kappa shape index (κ3) is 4.57. The molecule has 4 rings (SSSR count). The number of anilines is 2. The normalized spacial score (nSPS) is 13.3. The van der Waals surface area contributed by atoms with Gasteiger partial charge < -0.3 is 15.0 Å². The minimum atomic E-state index is -0.421. The van der Waals surface area contributed by atoms with E-state index in [-0.39, 0.29) is 11.6 Å². The maximum absolute atomic E-state index is 14.4. The summed E-state index contributed by atoms with van der Waals surface area (Å²) in [5, 5.41) is 2.76. The summed E-state index contributed by atoms with van der Waals surface area (Å²) >= 11 is 0. The van der Waals surface area contributed by atoms with Crippen molar-refractivity contribution in [1.29, 1.82) is 0 Å². The van der Waals surface area contributed by atoms with E-state index >= 15 is 0 Å². The molecule has 1 heterocycles. The Morgan fingerprint density at radius 3 is 2.38 bits per heavy atom. The van der Waals surface area contributed by atoms with Gasteiger partial charge in [0.15, 0.2) is 0 Å². The van der Waals surface area contributed by atoms with Gasteiger partial charge in [0.1, 0.15) is 23.9 Å². The molecule has 1 aliphatic rings. The third-order valence-electron chi connectivity index (χ3n) is 5.04. The lowest BCUT2D eigenvalue weighted by Gasteiger charge is -2.22. The summed E-state index contributed by atoms with van der Waals surface area (Å²) in [4.78, 5) is 14.8. The number of hydrogen-bond acceptors (Lipinski definition) is 3. The number of ether oxygens (including phenoxy) is 1. The fourth-order valence-electron chi connectivity index (χ4n) is 3.48. The van der Waals surface area contributed by atoms with Crippen molar-refractivity contribution < 1.29 is 13.9 Å². The number of nitrogens with zero attached hydrogens (tertiary/aromatic N) is 1. The topological polar surface area (TPSA) is 41.6 Å². The number of hydrogen-bond donors (Lipinski definition) is 1. The van der Waals surface area contributed by atoms with E-state index < -0.39 is 5.82 Å². The van der Waals surface area contributed by atoms with Crippen molar-refractivity contribution in [2.24, 2.45) is 0 Å². The van der Waals surface area contributed by atoms with E-state index in [2.05, 4.69) is 10.2 Å². The van der Waals surface area contributed by atoms with Crippen molar-refractivity contribution in [3.8, 4) is 5.75 Å². The first kappa shape index (κ1) is 19.0. The van der Waals surface area contributed by atoms with Gasteiger partial charge in [-0.3, -0.25) is 4.79 Å². The predicted octanol–water partition coefficient (Wildman–Crippen LogP) is 5.26. The van der Waals surface area contributed by atoms with Crippen molar-refractivity contribution >= 4 is 17.3 Å². The Kier molecular flexibility index (Phi) is 5.75. The summed E-state index contributed by atoms with van der Waals surface area (Å²) in [6.45, 7) is 2.17. The highest BCUT2D eigenvalue weighted by Crippen LogP contribution is 2.31. The van der Waals surface area contributed by atoms with Gasteiger partial charge in [0.05, 0.1) is 5.69 Å². The summed E-state index contributed by atoms with van der Waals surface area (Å²) in [5.41, 5.74) is 2.41. The van der Waals surface area contributed by atoms with E-state index in [1.54, 1.807) is 18.2 Å². The van der Waals surface area contributed by atoms with Crippen LogP contribution in [0.1, 0.15) is 28.8 Å². The summed E-state index contributed by atoms with van der Waals surface area (Å²) in [5.74, 6) is 0.0463. The van der Waals surface area contributed by atoms with Crippen LogP contribution in [0.15, 0.2) is 72.8 Å². The number of amides is 1. The number of rotatable bonds is 6. The molecule has 1 fully saturated rings. The molecule has 29 heavy (non-hydrogen) atoms. The van der Waals surface area contributed by atoms with Crippen LogP contribution in [0.25, 0.3) is 0 Å². The van der Waals surface area contributed by atoms with Crippen LogP contribution in [-0.4, -0.2) is 19.0 Å². The minimum absolute atomic E-state index is 0.246. The highest BCUT2D eigenvalue weighted by atomic mass is 19.1. The van der Waals surface area contributed by atoms with Crippen molar-refractivity contribution in [1.82, 2.24) is 0 Å². The number of nitrogens with one attached hydrogen (secondary N) is 1. The molecule has 148 valence electrons. The molecule has 1 amide bonds. The van der Waals surface area contributed by atoms with Gasteiger partial charge in [-0.15, -0.1) is 0 Å². The Balaban J connectivity index is 1.44. The maximum Gasteiger partial charge on any atom is 0.255 e. The molecule has 0 spiro atoms. The molecule has 0 atom stereocenters. The molecule has 0 aromatic heterocycles. The molecule has 3 aromatic carbocycles. The molecule has 0 bridgehead atoms. The van der Waals surface area contributed by atoms with E-state index in [1.807, 2.05) is 48.5 Å². The van der Waals surface area contributed by atoms with Crippen LogP contribution in [0, 0.1) is 5.82 Å². The Bertz CT molecular complexity index is 968. The van der Waals surface area contributed by atoms with E-state index in [9.17, 15) is 9.18 Å². The zero-order valence-corrected chi connectivity index (χ0v) is 16.1. The number of halogens is 1. The monoisotopic (exact) mass is 390 g/mol. The summed E-state index contributed by atoms with van der Waals surface area (Å²) < 4.78 is 20.2. The van der Waals surface area contributed by atoms with Crippen LogP contribution in [-0.2, 0) is 6.61 Å². The van der Waals surface area contributed by atoms with Gasteiger partial charge >= 0.3 is 0 Å². The smallest absolute Gasteiger partial charge is 0.255 e. The maximum atomic E-state index is 14.4. The molecule has 5 heteroatoms. The van der Waals surface area contributed by atoms with Crippen LogP contribution in [0.4, 0.5) is 15.8 Å². The first-order valence-electron chi connectivity index (χ1n) is 9.82. The predicted molar refractivity (Wildman–Crippen MR) is 113 cm³/mol. The zero-order valence-electron chi connectivity index (χ0n) is 16.1. The number of carbonyl (C=O) groups excluding carboxylic acids is 1. The van der Waals surface area contributed by atoms with E-state index in [0.29, 0.717) is 12.2 Å². The van der Waals surface area contributed by atoms with Crippen LogP contribution in [0.3, 0.4) is 0 Å². The van der Waals surface area contributed by atoms with E-state index in [4.69, 9.17) is 4.74 Å². The summed E-state index contributed by atoms with van der Waals surface area (Å²) in [6, 6.07) is 21.6. The van der Waals surface area contributed by atoms with Crippen LogP contribution in [0.5, 0.6) is 5.75 Å². The fraction of sp³-hybridized carbons (Fsp3) is 0.208. The molecule has 3 aromatic rings. The standard InChI is InChI=1S/C24H23FN2O2/c25-21-9-6-10-22(27-15-4-5-16-27)23(21)26-24(28)19-13-11-18(12-14-19)17-29-20-7-2-1-3-8-20/h1-3,6-14H,4-5,15-17H2,(H,26,28). The highest BCUT2D eigenvalue weighted by molar-refractivity contribution is 6.06. The Morgan fingerprint density at radius 2 is 1.66 bits per heavy atom. The second-order valence-corrected chi connectivity index (χ2v) is 7.08. The molecule has 4 nitrogen and oxygen atoms in total. The highest BCUT2D eigenvalue weighted by Gasteiger charge is 2.20. The summed E-state index contributed by atoms with van der Waals surface area (Å²) in [7, 11) is 0. The van der Waals surface area contributed by atoms with Gasteiger partial charge in [-0.05, 0) is 54.8 Å². The van der Waals surface area contributed by atoms with Gasteiger partial charge in [-0.25, -0.2) is 4.39 Å². The minimum Gasteiger partial charge on any atom is -0.489 e. The number of carbonyl (C=O) groups is 1. The average Bonchev–Trinajstić information content (AvgIpc) is 3.29. The molecular formula is C24H23FN2O2. The van der Waals surface area contributed by atoms with Gasteiger partial charge in [0.25, 0.3) is 5.91 Å². The molecule has 1 aliphatic heterocycles. The molecule has 0 unspecified atom stereocenters. The number of para-hydroxylation sites is 2. The molecule has 0 saturated carbocycles. The van der Waals surface area contributed by atoms with Gasteiger partial charge in [0.2, 0.25) is 0 Å². The van der Waals surface area contributed by atoms with Crippen molar-refractivity contribution in [3.63, 3.8) is 0 Å². The van der Waals surface area contributed by atoms with Crippen molar-refractivity contribution in [3.05, 3.63) is 89.7 Å². The lowest BCUT2D eigenvalue weighted by Crippen LogP contribution is -2.22. The van der Waals surface area contributed by atoms with Crippen LogP contribution >= 0.6 is 0 Å². The Hall–Kier alpha value is -3.34. The van der Waals surface area contributed by atoms with Crippen molar-refractivity contribution in [2.45, 2.75) is 19.4 Å². The number of benzene rings is 3. The van der Waals surface area contributed by atoms with Gasteiger partial charge in [-0.1, -0.05) is 36.4 Å². The van der Waals surface area contributed by atoms with Crippen LogP contribution in [0.2, 0.25) is 0 Å². The third-order valence-corrected chi connectivity index (χ3v) is 5.04. The molecule has 0 aliphatic carbocycles. The van der Waals surface area contributed by atoms with E-state index in [0.717, 1.165) is 42.9 Å². The largest absolute Gasteiger partial charge is 0.489 e. The second kappa shape index (κ2) is 8.78.